The molecule has 8 atom stereocenters. The van der Waals surface area contributed by atoms with Crippen molar-refractivity contribution in [3.8, 4) is 0 Å². The van der Waals surface area contributed by atoms with Gasteiger partial charge < -0.3 is 4.79 Å². The van der Waals surface area contributed by atoms with Gasteiger partial charge in [-0.3, -0.25) is 0 Å². The second-order valence-electron chi connectivity index (χ2n) is 10.4. The van der Waals surface area contributed by atoms with Crippen molar-refractivity contribution in [1.29, 1.82) is 0 Å². The van der Waals surface area contributed by atoms with Crippen LogP contribution in [0, 0.1) is 46.3 Å². The molecule has 0 radical (unpaired) electrons. The summed E-state index contributed by atoms with van der Waals surface area (Å²) in [5.41, 5.74) is 1.12. The van der Waals surface area contributed by atoms with E-state index < -0.39 is 0 Å². The Kier molecular flexibility index (Phi) is 4.37. The number of aldehydes is 1. The first kappa shape index (κ1) is 17.1. The zero-order valence-electron chi connectivity index (χ0n) is 16.2. The molecule has 0 aliphatic heterocycles. The van der Waals surface area contributed by atoms with E-state index in [9.17, 15) is 4.79 Å². The fourth-order valence-electron chi connectivity index (χ4n) is 8.33. The van der Waals surface area contributed by atoms with Crippen LogP contribution in [0.25, 0.3) is 0 Å². The summed E-state index contributed by atoms with van der Waals surface area (Å²) >= 11 is 0. The second kappa shape index (κ2) is 6.13. The number of fused-ring (bicyclic) bond motifs is 5. The molecule has 24 heavy (non-hydrogen) atoms. The molecule has 0 aromatic heterocycles. The minimum Gasteiger partial charge on any atom is -0.303 e. The Morgan fingerprint density at radius 2 is 1.67 bits per heavy atom. The van der Waals surface area contributed by atoms with Gasteiger partial charge in [0, 0.05) is 6.42 Å². The van der Waals surface area contributed by atoms with Gasteiger partial charge in [0.15, 0.2) is 0 Å². The van der Waals surface area contributed by atoms with Crippen LogP contribution in [-0.2, 0) is 4.79 Å². The summed E-state index contributed by atoms with van der Waals surface area (Å²) in [6, 6.07) is 0. The zero-order chi connectivity index (χ0) is 16.9. The summed E-state index contributed by atoms with van der Waals surface area (Å²) in [4.78, 5) is 11.2. The summed E-state index contributed by atoms with van der Waals surface area (Å²) in [5.74, 6) is 5.58. The molecule has 1 nitrogen and oxygen atoms in total. The molecule has 0 amide bonds. The molecule has 0 aromatic rings. The summed E-state index contributed by atoms with van der Waals surface area (Å²) in [5, 5.41) is 0. The summed E-state index contributed by atoms with van der Waals surface area (Å²) in [6.07, 6.45) is 16.5. The second-order valence-corrected chi connectivity index (χ2v) is 10.4. The topological polar surface area (TPSA) is 17.1 Å². The Morgan fingerprint density at radius 1 is 0.917 bits per heavy atom. The van der Waals surface area contributed by atoms with Gasteiger partial charge in [-0.05, 0) is 104 Å². The minimum atomic E-state index is 0.478. The van der Waals surface area contributed by atoms with Gasteiger partial charge in [-0.2, -0.15) is 0 Å². The fraction of sp³-hybridized carbons (Fsp3) is 0.957. The highest BCUT2D eigenvalue weighted by atomic mass is 16.1. The van der Waals surface area contributed by atoms with E-state index >= 15 is 0 Å². The number of rotatable bonds is 3. The van der Waals surface area contributed by atoms with Crippen molar-refractivity contribution in [2.45, 2.75) is 91.4 Å². The Hall–Kier alpha value is -0.330. The number of hydrogen-bond acceptors (Lipinski definition) is 1. The van der Waals surface area contributed by atoms with E-state index in [1.807, 2.05) is 0 Å². The maximum absolute atomic E-state index is 11.2. The van der Waals surface area contributed by atoms with Crippen molar-refractivity contribution < 1.29 is 4.79 Å². The van der Waals surface area contributed by atoms with E-state index in [4.69, 9.17) is 0 Å². The predicted molar refractivity (Wildman–Crippen MR) is 99.7 cm³/mol. The fourth-order valence-corrected chi connectivity index (χ4v) is 8.33. The first-order valence-electron chi connectivity index (χ1n) is 11.0. The lowest BCUT2D eigenvalue weighted by Crippen LogP contribution is -2.53. The van der Waals surface area contributed by atoms with E-state index in [0.29, 0.717) is 16.7 Å². The van der Waals surface area contributed by atoms with Crippen molar-refractivity contribution in [3.63, 3.8) is 0 Å². The minimum absolute atomic E-state index is 0.478. The van der Waals surface area contributed by atoms with E-state index in [1.54, 1.807) is 0 Å². The van der Waals surface area contributed by atoms with Crippen LogP contribution in [0.4, 0.5) is 0 Å². The monoisotopic (exact) mass is 330 g/mol. The first-order valence-corrected chi connectivity index (χ1v) is 11.0. The van der Waals surface area contributed by atoms with Crippen LogP contribution >= 0.6 is 0 Å². The molecule has 4 fully saturated rings. The molecule has 136 valence electrons. The summed E-state index contributed by atoms with van der Waals surface area (Å²) in [7, 11) is 0. The van der Waals surface area contributed by atoms with Crippen LogP contribution < -0.4 is 0 Å². The maximum Gasteiger partial charge on any atom is 0.120 e. The maximum atomic E-state index is 11.2. The molecular formula is C23H38O. The highest BCUT2D eigenvalue weighted by molar-refractivity contribution is 5.50. The SMILES string of the molecule is CCC1CCC2(C)C(CCC3C4CCC(CC=O)C4(C)CCC32)C1. The van der Waals surface area contributed by atoms with Crippen LogP contribution in [0.3, 0.4) is 0 Å². The molecular weight excluding hydrogens is 292 g/mol. The Morgan fingerprint density at radius 3 is 2.42 bits per heavy atom. The third-order valence-electron chi connectivity index (χ3n) is 9.93. The largest absolute Gasteiger partial charge is 0.303 e. The predicted octanol–water partition coefficient (Wildman–Crippen LogP) is 6.26. The van der Waals surface area contributed by atoms with Gasteiger partial charge in [-0.15, -0.1) is 0 Å². The molecule has 0 saturated heterocycles. The van der Waals surface area contributed by atoms with Crippen molar-refractivity contribution in [1.82, 2.24) is 0 Å². The van der Waals surface area contributed by atoms with E-state index in [2.05, 4.69) is 20.8 Å². The number of carbonyl (C=O) groups excluding carboxylic acids is 1. The van der Waals surface area contributed by atoms with E-state index in [-0.39, 0.29) is 0 Å². The van der Waals surface area contributed by atoms with Gasteiger partial charge in [0.05, 0.1) is 0 Å². The lowest BCUT2D eigenvalue weighted by Gasteiger charge is -2.61. The van der Waals surface area contributed by atoms with E-state index in [1.165, 1.54) is 70.5 Å². The molecule has 4 aliphatic carbocycles. The Bertz CT molecular complexity index is 484. The molecule has 4 saturated carbocycles. The van der Waals surface area contributed by atoms with Gasteiger partial charge in [-0.1, -0.05) is 27.2 Å². The number of hydrogen-bond donors (Lipinski definition) is 0. The smallest absolute Gasteiger partial charge is 0.120 e. The Balaban J connectivity index is 1.56. The highest BCUT2D eigenvalue weighted by Crippen LogP contribution is 2.68. The standard InChI is InChI=1S/C23H38O/c1-4-16-9-12-23(3)18(15-16)5-7-19-20-8-6-17(11-14-24)22(20,2)13-10-21(19)23/h14,16-21H,4-13,15H2,1-3H3. The van der Waals surface area contributed by atoms with Crippen LogP contribution in [-0.4, -0.2) is 6.29 Å². The molecule has 1 heteroatoms. The van der Waals surface area contributed by atoms with Crippen LogP contribution in [0.15, 0.2) is 0 Å². The summed E-state index contributed by atoms with van der Waals surface area (Å²) < 4.78 is 0. The first-order chi connectivity index (χ1) is 11.5. The molecule has 0 N–H and O–H groups in total. The van der Waals surface area contributed by atoms with Crippen LogP contribution in [0.1, 0.15) is 91.4 Å². The molecule has 0 bridgehead atoms. The van der Waals surface area contributed by atoms with Crippen LogP contribution in [0.2, 0.25) is 0 Å². The molecule has 4 rings (SSSR count). The van der Waals surface area contributed by atoms with Crippen LogP contribution in [0.5, 0.6) is 0 Å². The highest BCUT2D eigenvalue weighted by Gasteiger charge is 2.59. The zero-order valence-corrected chi connectivity index (χ0v) is 16.2. The van der Waals surface area contributed by atoms with E-state index in [0.717, 1.165) is 36.0 Å². The van der Waals surface area contributed by atoms with Gasteiger partial charge in [0.1, 0.15) is 6.29 Å². The van der Waals surface area contributed by atoms with Gasteiger partial charge in [0.25, 0.3) is 0 Å². The lowest BCUT2D eigenvalue weighted by atomic mass is 9.44. The third kappa shape index (κ3) is 2.36. The average Bonchev–Trinajstić information content (AvgIpc) is 2.91. The van der Waals surface area contributed by atoms with Gasteiger partial charge in [-0.25, -0.2) is 0 Å². The number of carbonyl (C=O) groups is 1. The van der Waals surface area contributed by atoms with Crippen molar-refractivity contribution >= 4 is 6.29 Å². The van der Waals surface area contributed by atoms with Crippen molar-refractivity contribution in [3.05, 3.63) is 0 Å². The quantitative estimate of drug-likeness (QED) is 0.558. The molecule has 0 heterocycles. The van der Waals surface area contributed by atoms with Gasteiger partial charge >= 0.3 is 0 Å². The van der Waals surface area contributed by atoms with Crippen molar-refractivity contribution in [2.24, 2.45) is 46.3 Å². The average molecular weight is 331 g/mol. The molecule has 0 aromatic carbocycles. The third-order valence-corrected chi connectivity index (χ3v) is 9.93. The van der Waals surface area contributed by atoms with Gasteiger partial charge in [0.2, 0.25) is 0 Å². The molecule has 8 unspecified atom stereocenters. The van der Waals surface area contributed by atoms with Crippen molar-refractivity contribution in [2.75, 3.05) is 0 Å². The lowest BCUT2D eigenvalue weighted by molar-refractivity contribution is -0.122. The summed E-state index contributed by atoms with van der Waals surface area (Å²) in [6.45, 7) is 7.63. The molecule has 0 spiro atoms. The Labute approximate surface area is 149 Å². The molecule has 4 aliphatic rings. The normalized spacial score (nSPS) is 53.8.